The largest absolute Gasteiger partial charge is 0.366 e. The quantitative estimate of drug-likeness (QED) is 0.669. The first-order valence-corrected chi connectivity index (χ1v) is 8.82. The van der Waals surface area contributed by atoms with Gasteiger partial charge in [0.25, 0.3) is 11.6 Å². The molecule has 0 spiro atoms. The molecule has 1 aromatic rings. The van der Waals surface area contributed by atoms with Crippen molar-refractivity contribution in [1.29, 1.82) is 5.26 Å². The Morgan fingerprint density at radius 3 is 2.48 bits per heavy atom. The first-order chi connectivity index (χ1) is 12.0. The summed E-state index contributed by atoms with van der Waals surface area (Å²) < 4.78 is 0. The molecule has 1 aliphatic heterocycles. The second kappa shape index (κ2) is 7.09. The van der Waals surface area contributed by atoms with E-state index in [1.165, 1.54) is 6.07 Å². The molecule has 1 amide bonds. The van der Waals surface area contributed by atoms with Crippen LogP contribution in [-0.2, 0) is 0 Å². The summed E-state index contributed by atoms with van der Waals surface area (Å²) in [5.41, 5.74) is -0.108. The van der Waals surface area contributed by atoms with Crippen molar-refractivity contribution in [2.24, 2.45) is 0 Å². The molecule has 0 unspecified atom stereocenters. The van der Waals surface area contributed by atoms with Crippen LogP contribution in [0.3, 0.4) is 0 Å². The minimum Gasteiger partial charge on any atom is -0.366 e. The van der Waals surface area contributed by atoms with Crippen molar-refractivity contribution < 1.29 is 9.72 Å². The van der Waals surface area contributed by atoms with Crippen LogP contribution in [0.5, 0.6) is 0 Å². The fourth-order valence-electron chi connectivity index (χ4n) is 3.75. The number of anilines is 1. The molecular weight excluding hydrogens is 320 g/mol. The van der Waals surface area contributed by atoms with E-state index in [-0.39, 0.29) is 11.3 Å². The Labute approximate surface area is 146 Å². The number of amides is 1. The molecule has 2 fully saturated rings. The number of nitriles is 1. The van der Waals surface area contributed by atoms with E-state index in [1.807, 2.05) is 4.90 Å². The summed E-state index contributed by atoms with van der Waals surface area (Å²) in [6, 6.07) is 6.83. The van der Waals surface area contributed by atoms with Crippen molar-refractivity contribution >= 4 is 17.3 Å². The Morgan fingerprint density at radius 1 is 1.20 bits per heavy atom. The van der Waals surface area contributed by atoms with Crippen LogP contribution in [0.15, 0.2) is 18.2 Å². The maximum atomic E-state index is 12.6. The second-order valence-electron chi connectivity index (χ2n) is 6.86. The normalized spacial score (nSPS) is 19.2. The molecule has 1 heterocycles. The van der Waals surface area contributed by atoms with Gasteiger partial charge in [0.05, 0.1) is 11.0 Å². The van der Waals surface area contributed by atoms with E-state index in [4.69, 9.17) is 0 Å². The Balaban J connectivity index is 1.84. The summed E-state index contributed by atoms with van der Waals surface area (Å²) in [5, 5.41) is 23.8. The molecule has 25 heavy (non-hydrogen) atoms. The fraction of sp³-hybridized carbons (Fsp3) is 0.556. The van der Waals surface area contributed by atoms with Crippen LogP contribution >= 0.6 is 0 Å². The van der Waals surface area contributed by atoms with E-state index >= 15 is 0 Å². The van der Waals surface area contributed by atoms with Crippen molar-refractivity contribution in [3.8, 4) is 6.07 Å². The van der Waals surface area contributed by atoms with Gasteiger partial charge in [0.2, 0.25) is 0 Å². The van der Waals surface area contributed by atoms with Crippen LogP contribution in [0.1, 0.15) is 55.3 Å². The van der Waals surface area contributed by atoms with Crippen molar-refractivity contribution in [2.45, 2.75) is 50.5 Å². The van der Waals surface area contributed by atoms with Crippen molar-refractivity contribution in [3.05, 3.63) is 33.9 Å². The lowest BCUT2D eigenvalue weighted by atomic mass is 9.82. The summed E-state index contributed by atoms with van der Waals surface area (Å²) in [7, 11) is 0. The minimum absolute atomic E-state index is 0.0517. The van der Waals surface area contributed by atoms with Gasteiger partial charge in [0.15, 0.2) is 0 Å². The summed E-state index contributed by atoms with van der Waals surface area (Å²) in [6.45, 7) is 1.59. The number of nitrogens with one attached hydrogen (secondary N) is 1. The number of carbonyl (C=O) groups excluding carboxylic acids is 1. The lowest BCUT2D eigenvalue weighted by molar-refractivity contribution is -0.384. The van der Waals surface area contributed by atoms with Gasteiger partial charge in [-0.25, -0.2) is 0 Å². The molecule has 1 aromatic carbocycles. The molecule has 7 nitrogen and oxygen atoms in total. The summed E-state index contributed by atoms with van der Waals surface area (Å²) in [6.07, 6.45) is 6.17. The fourth-order valence-corrected chi connectivity index (χ4v) is 3.75. The number of hydrogen-bond acceptors (Lipinski definition) is 5. The zero-order valence-corrected chi connectivity index (χ0v) is 14.2. The molecule has 0 bridgehead atoms. The van der Waals surface area contributed by atoms with Crippen molar-refractivity contribution in [3.63, 3.8) is 0 Å². The molecule has 3 rings (SSSR count). The lowest BCUT2D eigenvalue weighted by Crippen LogP contribution is -2.48. The monoisotopic (exact) mass is 342 g/mol. The van der Waals surface area contributed by atoms with Gasteiger partial charge in [-0.1, -0.05) is 19.3 Å². The van der Waals surface area contributed by atoms with Crippen LogP contribution in [0, 0.1) is 21.4 Å². The minimum atomic E-state index is -0.849. The number of rotatable bonds is 4. The highest BCUT2D eigenvalue weighted by atomic mass is 16.6. The number of carbonyl (C=O) groups is 1. The maximum absolute atomic E-state index is 12.6. The molecular formula is C18H22N4O3. The average molecular weight is 342 g/mol. The van der Waals surface area contributed by atoms with Gasteiger partial charge in [0, 0.05) is 24.7 Å². The number of benzene rings is 1. The molecule has 1 saturated heterocycles. The first kappa shape index (κ1) is 17.2. The molecule has 0 aromatic heterocycles. The van der Waals surface area contributed by atoms with E-state index in [1.54, 1.807) is 12.1 Å². The SMILES string of the molecule is N#CC1(NC(=O)c2ccc(N3CCCC3)c([N+](=O)[O-])c2)CCCCC1. The topological polar surface area (TPSA) is 99.3 Å². The number of nitrogens with zero attached hydrogens (tertiary/aromatic N) is 3. The first-order valence-electron chi connectivity index (χ1n) is 8.82. The predicted molar refractivity (Wildman–Crippen MR) is 93.4 cm³/mol. The second-order valence-corrected chi connectivity index (χ2v) is 6.86. The summed E-state index contributed by atoms with van der Waals surface area (Å²) >= 11 is 0. The average Bonchev–Trinajstić information content (AvgIpc) is 3.16. The van der Waals surface area contributed by atoms with Crippen LogP contribution in [0.2, 0.25) is 0 Å². The van der Waals surface area contributed by atoms with E-state index < -0.39 is 16.4 Å². The Morgan fingerprint density at radius 2 is 1.88 bits per heavy atom. The predicted octanol–water partition coefficient (Wildman–Crippen LogP) is 3.15. The third-order valence-corrected chi connectivity index (χ3v) is 5.15. The van der Waals surface area contributed by atoms with Gasteiger partial charge in [-0.2, -0.15) is 5.26 Å². The van der Waals surface area contributed by atoms with E-state index in [0.29, 0.717) is 18.5 Å². The third kappa shape index (κ3) is 3.58. The molecule has 0 radical (unpaired) electrons. The van der Waals surface area contributed by atoms with E-state index in [2.05, 4.69) is 11.4 Å². The van der Waals surface area contributed by atoms with Gasteiger partial charge < -0.3 is 10.2 Å². The van der Waals surface area contributed by atoms with Gasteiger partial charge in [-0.3, -0.25) is 14.9 Å². The van der Waals surface area contributed by atoms with Gasteiger partial charge >= 0.3 is 0 Å². The molecule has 132 valence electrons. The van der Waals surface area contributed by atoms with Gasteiger partial charge in [0.1, 0.15) is 11.2 Å². The number of hydrogen-bond donors (Lipinski definition) is 1. The van der Waals surface area contributed by atoms with E-state index in [0.717, 1.165) is 45.2 Å². The molecule has 1 N–H and O–H groups in total. The Kier molecular flexibility index (Phi) is 4.88. The van der Waals surface area contributed by atoms with Crippen LogP contribution in [0.4, 0.5) is 11.4 Å². The zero-order valence-electron chi connectivity index (χ0n) is 14.2. The lowest BCUT2D eigenvalue weighted by Gasteiger charge is -2.31. The van der Waals surface area contributed by atoms with Gasteiger partial charge in [-0.05, 0) is 37.8 Å². The molecule has 2 aliphatic rings. The van der Waals surface area contributed by atoms with Crippen molar-refractivity contribution in [2.75, 3.05) is 18.0 Å². The summed E-state index contributed by atoms with van der Waals surface area (Å²) in [4.78, 5) is 25.6. The Hall–Kier alpha value is -2.62. The van der Waals surface area contributed by atoms with E-state index in [9.17, 15) is 20.2 Å². The molecule has 7 heteroatoms. The molecule has 1 aliphatic carbocycles. The smallest absolute Gasteiger partial charge is 0.293 e. The van der Waals surface area contributed by atoms with Crippen molar-refractivity contribution in [1.82, 2.24) is 5.32 Å². The summed E-state index contributed by atoms with van der Waals surface area (Å²) in [5.74, 6) is -0.417. The van der Waals surface area contributed by atoms with Crippen LogP contribution in [0.25, 0.3) is 0 Å². The zero-order chi connectivity index (χ0) is 17.9. The molecule has 0 atom stereocenters. The highest BCUT2D eigenvalue weighted by Crippen LogP contribution is 2.32. The third-order valence-electron chi connectivity index (χ3n) is 5.15. The highest BCUT2D eigenvalue weighted by Gasteiger charge is 2.34. The van der Waals surface area contributed by atoms with Crippen LogP contribution in [-0.4, -0.2) is 29.5 Å². The highest BCUT2D eigenvalue weighted by molar-refractivity contribution is 5.96. The number of nitro groups is 1. The standard InChI is InChI=1S/C18H22N4O3/c19-13-18(8-2-1-3-9-18)20-17(23)14-6-7-15(16(12-14)22(24)25)21-10-4-5-11-21/h6-7,12H,1-5,8-11H2,(H,20,23). The van der Waals surface area contributed by atoms with Gasteiger partial charge in [-0.15, -0.1) is 0 Å². The maximum Gasteiger partial charge on any atom is 0.293 e. The molecule has 1 saturated carbocycles. The Bertz CT molecular complexity index is 714. The number of nitro benzene ring substituents is 1. The van der Waals surface area contributed by atoms with Crippen LogP contribution < -0.4 is 10.2 Å².